The van der Waals surface area contributed by atoms with Crippen molar-refractivity contribution in [3.8, 4) is 29.8 Å². The van der Waals surface area contributed by atoms with Crippen molar-refractivity contribution in [3.63, 3.8) is 0 Å². The molecule has 0 aliphatic carbocycles. The van der Waals surface area contributed by atoms with Crippen LogP contribution in [0.3, 0.4) is 0 Å². The standard InChI is InChI=1S/C23H26N6O2.2C22H25N7O2.C22H23N5O2/c1-18-5-4-6-19(15-18)17-25-28-21-16-22(29-10-13-30-14-11-29)27-23(26-21)31-12-8-20-7-2-3-9-24-20;1-16-5-3-6-18(13-16)15-25-28-19-14-20(29-9-11-30-12-10-29)27-22(26-19)31-17(2)21-23-7-4-8-24-21;1-16-4-3-5-18(12-16)14-24-28-19-13-21(29-8-10-30-11-9-29)27-22(26-19)31-15-20-23-7-6-17(2)25-20;1-17-6-5-7-18(14-17)16-23-26-20-15-21(27-10-12-28-13-11-27)25-22(24-20)29-19-8-3-2-4-9-19/h2-7,9,15-17H,8,10-14H2,1H3,(H,26,27,28);3-8,13-15,17H,9-12H2,1-2H3,(H,26,27,28);3-7,12-14H,8-11,15H2,1-2H3,(H,26,27,28);2-9,14-16H,10-13H2,1H3,(H,24,25,26)/b25-17+;25-15+;24-14+;23-16+. The third-order valence-corrected chi connectivity index (χ3v) is 18.5. The van der Waals surface area contributed by atoms with Gasteiger partial charge in [0.05, 0.1) is 84.3 Å². The molecule has 7 aromatic heterocycles. The maximum atomic E-state index is 5.96. The maximum Gasteiger partial charge on any atom is 0.325 e. The van der Waals surface area contributed by atoms with E-state index in [1.807, 2.05) is 167 Å². The highest BCUT2D eigenvalue weighted by molar-refractivity contribution is 5.82. The quantitative estimate of drug-likeness (QED) is 0.0261. The highest BCUT2D eigenvalue weighted by atomic mass is 16.5. The summed E-state index contributed by atoms with van der Waals surface area (Å²) in [4.78, 5) is 66.1. The fourth-order valence-corrected chi connectivity index (χ4v) is 12.4. The summed E-state index contributed by atoms with van der Waals surface area (Å²) in [6.07, 6.45) is 14.2. The highest BCUT2D eigenvalue weighted by Crippen LogP contribution is 2.28. The number of hydrazone groups is 4. The normalized spacial score (nSPS) is 14.3. The smallest absolute Gasteiger partial charge is 0.325 e. The summed E-state index contributed by atoms with van der Waals surface area (Å²) in [6, 6.07) is 59.9. The lowest BCUT2D eigenvalue weighted by Gasteiger charge is -2.28. The van der Waals surface area contributed by atoms with Gasteiger partial charge in [-0.3, -0.25) is 26.7 Å². The largest absolute Gasteiger partial charge is 0.463 e. The molecule has 33 nitrogen and oxygen atoms in total. The fourth-order valence-electron chi connectivity index (χ4n) is 12.4. The Balaban J connectivity index is 0.000000140. The topological polar surface area (TPSA) is 352 Å². The minimum Gasteiger partial charge on any atom is -0.463 e. The number of nitrogens with zero attached hydrogens (tertiary/aromatic N) is 21. The van der Waals surface area contributed by atoms with Crippen molar-refractivity contribution in [1.29, 1.82) is 0 Å². The predicted octanol–water partition coefficient (Wildman–Crippen LogP) is 12.7. The SMILES string of the molecule is Cc1cccc(/C=N/Nc2cc(N3CCOCC3)nc(OC(C)c3ncccn3)n2)c1.Cc1cccc(/C=N/Nc2cc(N3CCOCC3)nc(OCCc3ccccn3)n2)c1.Cc1cccc(/C=N/Nc2cc(N3CCOCC3)nc(OCc3nccc(C)n3)n2)c1.Cc1cccc(/C=N/Nc2cc(N3CCOCC3)nc(Oc3ccccc3)n2)c1. The van der Waals surface area contributed by atoms with E-state index in [1.54, 1.807) is 55.7 Å². The van der Waals surface area contributed by atoms with Crippen LogP contribution in [0, 0.1) is 34.6 Å². The van der Waals surface area contributed by atoms with E-state index in [1.165, 1.54) is 22.3 Å². The first-order valence-corrected chi connectivity index (χ1v) is 40.3. The first kappa shape index (κ1) is 85.7. The Hall–Kier alpha value is -14.2. The molecule has 0 amide bonds. The number of pyridine rings is 1. The van der Waals surface area contributed by atoms with E-state index in [9.17, 15) is 0 Å². The van der Waals surface area contributed by atoms with Crippen LogP contribution >= 0.6 is 0 Å². The van der Waals surface area contributed by atoms with Gasteiger partial charge in [-0.05, 0) is 100 Å². The third kappa shape index (κ3) is 28.3. The first-order chi connectivity index (χ1) is 59.8. The molecule has 12 aromatic rings. The van der Waals surface area contributed by atoms with Gasteiger partial charge in [0.1, 0.15) is 29.0 Å². The van der Waals surface area contributed by atoms with Crippen molar-refractivity contribution in [2.24, 2.45) is 20.4 Å². The van der Waals surface area contributed by atoms with Gasteiger partial charge in [-0.15, -0.1) is 0 Å². The van der Waals surface area contributed by atoms with Gasteiger partial charge >= 0.3 is 24.0 Å². The van der Waals surface area contributed by atoms with Crippen molar-refractivity contribution < 1.29 is 37.9 Å². The Bertz CT molecular complexity index is 5370. The minimum atomic E-state index is -0.398. The Labute approximate surface area is 708 Å². The van der Waals surface area contributed by atoms with Crippen LogP contribution in [0.15, 0.2) is 227 Å². The fraction of sp³-hybridized carbons (Fsp3) is 0.292. The van der Waals surface area contributed by atoms with Crippen molar-refractivity contribution in [2.45, 2.75) is 60.7 Å². The van der Waals surface area contributed by atoms with Crippen LogP contribution in [0.5, 0.6) is 29.8 Å². The molecule has 0 radical (unpaired) electrons. The van der Waals surface area contributed by atoms with Gasteiger partial charge < -0.3 is 57.5 Å². The molecule has 0 bridgehead atoms. The van der Waals surface area contributed by atoms with Gasteiger partial charge in [-0.2, -0.15) is 60.3 Å². The number of aromatic nitrogens is 13. The summed E-state index contributed by atoms with van der Waals surface area (Å²) in [5.41, 5.74) is 22.6. The van der Waals surface area contributed by atoms with Gasteiger partial charge in [-0.1, -0.05) is 144 Å². The number of para-hydroxylation sites is 1. The molecular weight excluding hydrogens is 1550 g/mol. The molecule has 16 rings (SSSR count). The van der Waals surface area contributed by atoms with Crippen LogP contribution in [0.25, 0.3) is 0 Å². The number of ether oxygens (including phenoxy) is 8. The molecule has 4 saturated heterocycles. The molecule has 628 valence electrons. The number of nitrogens with one attached hydrogen (secondary N) is 4. The van der Waals surface area contributed by atoms with E-state index in [0.29, 0.717) is 113 Å². The number of hydrogen-bond donors (Lipinski definition) is 4. The van der Waals surface area contributed by atoms with Gasteiger partial charge in [0.15, 0.2) is 47.6 Å². The number of morpholine rings is 4. The number of hydrogen-bond acceptors (Lipinski definition) is 33. The second-order valence-electron chi connectivity index (χ2n) is 28.2. The summed E-state index contributed by atoms with van der Waals surface area (Å²) in [5.74, 6) is 7.13. The van der Waals surface area contributed by atoms with E-state index in [4.69, 9.17) is 37.9 Å². The predicted molar refractivity (Wildman–Crippen MR) is 472 cm³/mol. The summed E-state index contributed by atoms with van der Waals surface area (Å²) < 4.78 is 45.3. The van der Waals surface area contributed by atoms with Gasteiger partial charge in [0.25, 0.3) is 0 Å². The van der Waals surface area contributed by atoms with Crippen LogP contribution < -0.4 is 60.3 Å². The summed E-state index contributed by atoms with van der Waals surface area (Å²) in [6.45, 7) is 24.0. The highest BCUT2D eigenvalue weighted by Gasteiger charge is 2.22. The van der Waals surface area contributed by atoms with Crippen LogP contribution in [0.1, 0.15) is 80.6 Å². The molecule has 11 heterocycles. The summed E-state index contributed by atoms with van der Waals surface area (Å²) in [5, 5.41) is 17.3. The molecule has 4 aliphatic rings. The van der Waals surface area contributed by atoms with Gasteiger partial charge in [0, 0.05) is 119 Å². The Morgan fingerprint density at radius 2 is 0.754 bits per heavy atom. The van der Waals surface area contributed by atoms with Gasteiger partial charge in [-0.25, -0.2) is 19.9 Å². The Kier molecular flexibility index (Phi) is 32.1. The van der Waals surface area contributed by atoms with E-state index >= 15 is 0 Å². The Morgan fingerprint density at radius 1 is 0.369 bits per heavy atom. The van der Waals surface area contributed by atoms with E-state index in [-0.39, 0.29) is 24.6 Å². The molecule has 122 heavy (non-hydrogen) atoms. The average molecular weight is 1650 g/mol. The van der Waals surface area contributed by atoms with Crippen LogP contribution in [0.4, 0.5) is 46.5 Å². The van der Waals surface area contributed by atoms with Crippen LogP contribution in [0.2, 0.25) is 0 Å². The molecule has 4 fully saturated rings. The van der Waals surface area contributed by atoms with E-state index in [2.05, 4.69) is 177 Å². The molecule has 4 N–H and O–H groups in total. The minimum absolute atomic E-state index is 0.181. The van der Waals surface area contributed by atoms with E-state index in [0.717, 1.165) is 109 Å². The summed E-state index contributed by atoms with van der Waals surface area (Å²) >= 11 is 0. The van der Waals surface area contributed by atoms with E-state index < -0.39 is 6.10 Å². The molecular formula is C89H99N25O8. The van der Waals surface area contributed by atoms with Crippen molar-refractivity contribution in [3.05, 3.63) is 274 Å². The Morgan fingerprint density at radius 3 is 1.16 bits per heavy atom. The number of benzene rings is 5. The zero-order valence-electron chi connectivity index (χ0n) is 69.1. The summed E-state index contributed by atoms with van der Waals surface area (Å²) in [7, 11) is 0. The van der Waals surface area contributed by atoms with Crippen molar-refractivity contribution >= 4 is 71.4 Å². The number of aryl methyl sites for hydroxylation is 5. The molecule has 33 heteroatoms. The first-order valence-electron chi connectivity index (χ1n) is 40.3. The number of anilines is 8. The van der Waals surface area contributed by atoms with Gasteiger partial charge in [0.2, 0.25) is 0 Å². The molecule has 4 aliphatic heterocycles. The average Bonchev–Trinajstić information content (AvgIpc) is 0.832. The molecule has 1 unspecified atom stereocenters. The molecule has 5 aromatic carbocycles. The zero-order chi connectivity index (χ0) is 84.1. The number of rotatable bonds is 28. The molecule has 0 saturated carbocycles. The van der Waals surface area contributed by atoms with Crippen LogP contribution in [-0.4, -0.2) is 201 Å². The lowest BCUT2D eigenvalue weighted by molar-refractivity contribution is 0.122. The third-order valence-electron chi connectivity index (χ3n) is 18.5. The lowest BCUT2D eigenvalue weighted by atomic mass is 10.2. The van der Waals surface area contributed by atoms with Crippen molar-refractivity contribution in [2.75, 3.05) is 153 Å². The monoisotopic (exact) mass is 1650 g/mol. The maximum absolute atomic E-state index is 5.96. The molecule has 1 atom stereocenters. The van der Waals surface area contributed by atoms with Crippen molar-refractivity contribution in [1.82, 2.24) is 64.8 Å². The van der Waals surface area contributed by atoms with Crippen LogP contribution in [-0.2, 0) is 32.0 Å². The second-order valence-corrected chi connectivity index (χ2v) is 28.2. The second kappa shape index (κ2) is 45.7. The molecule has 0 spiro atoms. The lowest BCUT2D eigenvalue weighted by Crippen LogP contribution is -2.36. The zero-order valence-corrected chi connectivity index (χ0v) is 69.1.